The summed E-state index contributed by atoms with van der Waals surface area (Å²) >= 11 is 1.87. The molecule has 2 aliphatic rings. The summed E-state index contributed by atoms with van der Waals surface area (Å²) in [5.74, 6) is 0.746. The molecular formula is C16H20F2N2O2S. The fourth-order valence-corrected chi connectivity index (χ4v) is 4.50. The third-order valence-electron chi connectivity index (χ3n) is 4.38. The van der Waals surface area contributed by atoms with Gasteiger partial charge in [0.25, 0.3) is 0 Å². The van der Waals surface area contributed by atoms with E-state index in [0.29, 0.717) is 6.61 Å². The van der Waals surface area contributed by atoms with Crippen molar-refractivity contribution >= 4 is 17.8 Å². The Morgan fingerprint density at radius 3 is 2.87 bits per heavy atom. The summed E-state index contributed by atoms with van der Waals surface area (Å²) in [6.07, 6.45) is 2.56. The lowest BCUT2D eigenvalue weighted by atomic mass is 9.90. The van der Waals surface area contributed by atoms with E-state index in [-0.39, 0.29) is 23.8 Å². The minimum Gasteiger partial charge on any atom is -0.374 e. The summed E-state index contributed by atoms with van der Waals surface area (Å²) in [7, 11) is 0. The van der Waals surface area contributed by atoms with Crippen LogP contribution in [-0.4, -0.2) is 35.8 Å². The first kappa shape index (κ1) is 16.5. The molecule has 2 fully saturated rings. The molecule has 1 aromatic rings. The maximum absolute atomic E-state index is 13.5. The molecule has 2 saturated heterocycles. The molecule has 2 amide bonds. The standard InChI is InChI=1S/C16H20F2N2O2S/c17-13-2-1-3-14(18)12(13)9-19-15(21)20-11-4-6-22-16(8-11)5-7-23-10-16/h1-3,11H,4-10H2,(H2,19,20,21). The number of amides is 2. The molecule has 0 saturated carbocycles. The number of halogens is 2. The molecule has 2 N–H and O–H groups in total. The van der Waals surface area contributed by atoms with E-state index >= 15 is 0 Å². The van der Waals surface area contributed by atoms with E-state index in [4.69, 9.17) is 4.74 Å². The highest BCUT2D eigenvalue weighted by Crippen LogP contribution is 2.38. The Morgan fingerprint density at radius 2 is 2.17 bits per heavy atom. The summed E-state index contributed by atoms with van der Waals surface area (Å²) in [6.45, 7) is 0.460. The molecule has 4 nitrogen and oxygen atoms in total. The van der Waals surface area contributed by atoms with Crippen molar-refractivity contribution in [2.45, 2.75) is 37.5 Å². The highest BCUT2D eigenvalue weighted by molar-refractivity contribution is 7.99. The smallest absolute Gasteiger partial charge is 0.315 e. The van der Waals surface area contributed by atoms with E-state index in [1.165, 1.54) is 18.2 Å². The zero-order valence-corrected chi connectivity index (χ0v) is 13.6. The highest BCUT2D eigenvalue weighted by atomic mass is 32.2. The molecule has 0 radical (unpaired) electrons. The first-order chi connectivity index (χ1) is 11.1. The van der Waals surface area contributed by atoms with Gasteiger partial charge in [0.1, 0.15) is 11.6 Å². The van der Waals surface area contributed by atoms with Crippen LogP contribution in [0, 0.1) is 11.6 Å². The van der Waals surface area contributed by atoms with Crippen LogP contribution in [0.3, 0.4) is 0 Å². The summed E-state index contributed by atoms with van der Waals surface area (Å²) in [5, 5.41) is 5.43. The van der Waals surface area contributed by atoms with Crippen LogP contribution < -0.4 is 10.6 Å². The second-order valence-corrected chi connectivity index (χ2v) is 7.16. The van der Waals surface area contributed by atoms with Gasteiger partial charge in [-0.15, -0.1) is 0 Å². The number of carbonyl (C=O) groups is 1. The molecule has 2 atom stereocenters. The van der Waals surface area contributed by atoms with Gasteiger partial charge < -0.3 is 15.4 Å². The van der Waals surface area contributed by atoms with Crippen molar-refractivity contribution in [3.8, 4) is 0 Å². The van der Waals surface area contributed by atoms with E-state index in [1.807, 2.05) is 11.8 Å². The summed E-state index contributed by atoms with van der Waals surface area (Å²) < 4.78 is 33.0. The van der Waals surface area contributed by atoms with E-state index in [0.717, 1.165) is 30.8 Å². The number of urea groups is 1. The fourth-order valence-electron chi connectivity index (χ4n) is 3.12. The predicted octanol–water partition coefficient (Wildman–Crippen LogP) is 2.82. The molecule has 7 heteroatoms. The number of carbonyl (C=O) groups excluding carboxylic acids is 1. The number of hydrogen-bond acceptors (Lipinski definition) is 3. The first-order valence-electron chi connectivity index (χ1n) is 7.77. The van der Waals surface area contributed by atoms with Crippen LogP contribution in [0.1, 0.15) is 24.8 Å². The maximum atomic E-state index is 13.5. The second-order valence-electron chi connectivity index (χ2n) is 6.05. The van der Waals surface area contributed by atoms with Crippen LogP contribution in [0.4, 0.5) is 13.6 Å². The maximum Gasteiger partial charge on any atom is 0.315 e. The van der Waals surface area contributed by atoms with Crippen LogP contribution >= 0.6 is 11.8 Å². The van der Waals surface area contributed by atoms with Gasteiger partial charge in [-0.1, -0.05) is 6.07 Å². The van der Waals surface area contributed by atoms with Crippen LogP contribution in [0.25, 0.3) is 0 Å². The molecule has 2 heterocycles. The van der Waals surface area contributed by atoms with Crippen molar-refractivity contribution in [3.63, 3.8) is 0 Å². The lowest BCUT2D eigenvalue weighted by Crippen LogP contribution is -2.50. The van der Waals surface area contributed by atoms with Gasteiger partial charge in [-0.2, -0.15) is 11.8 Å². The summed E-state index contributed by atoms with van der Waals surface area (Å²) in [4.78, 5) is 12.0. The molecule has 2 aliphatic heterocycles. The molecule has 2 unspecified atom stereocenters. The monoisotopic (exact) mass is 342 g/mol. The topological polar surface area (TPSA) is 50.4 Å². The van der Waals surface area contributed by atoms with Crippen LogP contribution in [0.2, 0.25) is 0 Å². The van der Waals surface area contributed by atoms with Crippen molar-refractivity contribution in [2.24, 2.45) is 0 Å². The predicted molar refractivity (Wildman–Crippen MR) is 85.4 cm³/mol. The average Bonchev–Trinajstić information content (AvgIpc) is 2.94. The largest absolute Gasteiger partial charge is 0.374 e. The third-order valence-corrected chi connectivity index (χ3v) is 5.61. The number of ether oxygens (including phenoxy) is 1. The zero-order valence-electron chi connectivity index (χ0n) is 12.7. The van der Waals surface area contributed by atoms with Crippen molar-refractivity contribution < 1.29 is 18.3 Å². The van der Waals surface area contributed by atoms with E-state index in [9.17, 15) is 13.6 Å². The lowest BCUT2D eigenvalue weighted by Gasteiger charge is -2.37. The highest BCUT2D eigenvalue weighted by Gasteiger charge is 2.40. The van der Waals surface area contributed by atoms with Crippen LogP contribution in [-0.2, 0) is 11.3 Å². The molecule has 0 bridgehead atoms. The molecular weight excluding hydrogens is 322 g/mol. The van der Waals surface area contributed by atoms with E-state index < -0.39 is 17.7 Å². The molecule has 0 aliphatic carbocycles. The number of benzene rings is 1. The Morgan fingerprint density at radius 1 is 1.39 bits per heavy atom. The normalized spacial score (nSPS) is 27.1. The van der Waals surface area contributed by atoms with Gasteiger partial charge in [-0.3, -0.25) is 0 Å². The lowest BCUT2D eigenvalue weighted by molar-refractivity contribution is -0.0684. The van der Waals surface area contributed by atoms with Gasteiger partial charge in [-0.05, 0) is 37.1 Å². The fraction of sp³-hybridized carbons (Fsp3) is 0.562. The number of thioether (sulfide) groups is 1. The minimum absolute atomic E-state index is 0.0351. The molecule has 1 spiro atoms. The van der Waals surface area contributed by atoms with Crippen molar-refractivity contribution in [3.05, 3.63) is 35.4 Å². The molecule has 0 aromatic heterocycles. The molecule has 1 aromatic carbocycles. The molecule has 23 heavy (non-hydrogen) atoms. The van der Waals surface area contributed by atoms with Gasteiger partial charge in [-0.25, -0.2) is 13.6 Å². The third kappa shape index (κ3) is 3.95. The molecule has 3 rings (SSSR count). The average molecular weight is 342 g/mol. The quantitative estimate of drug-likeness (QED) is 0.888. The SMILES string of the molecule is O=C(NCc1c(F)cccc1F)NC1CCOC2(CCSC2)C1. The van der Waals surface area contributed by atoms with Gasteiger partial charge in [0, 0.05) is 24.0 Å². The molecule has 126 valence electrons. The minimum atomic E-state index is -0.654. The van der Waals surface area contributed by atoms with Crippen LogP contribution in [0.15, 0.2) is 18.2 Å². The van der Waals surface area contributed by atoms with E-state index in [2.05, 4.69) is 10.6 Å². The number of nitrogens with one attached hydrogen (secondary N) is 2. The van der Waals surface area contributed by atoms with Crippen molar-refractivity contribution in [1.29, 1.82) is 0 Å². The van der Waals surface area contributed by atoms with Crippen LogP contribution in [0.5, 0.6) is 0 Å². The van der Waals surface area contributed by atoms with Gasteiger partial charge in [0.05, 0.1) is 12.1 Å². The van der Waals surface area contributed by atoms with E-state index in [1.54, 1.807) is 0 Å². The Hall–Kier alpha value is -1.34. The summed E-state index contributed by atoms with van der Waals surface area (Å²) in [6, 6.07) is 3.29. The second kappa shape index (κ2) is 7.05. The van der Waals surface area contributed by atoms with Gasteiger partial charge >= 0.3 is 6.03 Å². The first-order valence-corrected chi connectivity index (χ1v) is 8.92. The van der Waals surface area contributed by atoms with Gasteiger partial charge in [0.15, 0.2) is 0 Å². The Bertz CT molecular complexity index is 559. The Kier molecular flexibility index (Phi) is 5.06. The Balaban J connectivity index is 1.51. The summed E-state index contributed by atoms with van der Waals surface area (Å²) in [5.41, 5.74) is -0.239. The zero-order chi connectivity index (χ0) is 16.3. The van der Waals surface area contributed by atoms with Crippen molar-refractivity contribution in [1.82, 2.24) is 10.6 Å². The van der Waals surface area contributed by atoms with Gasteiger partial charge in [0.2, 0.25) is 0 Å². The number of hydrogen-bond donors (Lipinski definition) is 2. The van der Waals surface area contributed by atoms with Crippen molar-refractivity contribution in [2.75, 3.05) is 18.1 Å². The Labute approximate surface area is 138 Å². The number of rotatable bonds is 3.